The van der Waals surface area contributed by atoms with Gasteiger partial charge in [-0.25, -0.2) is 13.4 Å². The topological polar surface area (TPSA) is 157 Å². The molecule has 0 radical (unpaired) electrons. The lowest BCUT2D eigenvalue weighted by Gasteiger charge is -2.22. The first-order chi connectivity index (χ1) is 18.7. The smallest absolute Gasteiger partial charge is 0.251 e. The van der Waals surface area contributed by atoms with Crippen LogP contribution in [-0.2, 0) is 14.8 Å². The number of carbonyl (C=O) groups is 2. The molecule has 1 aromatic heterocycles. The third kappa shape index (κ3) is 6.36. The van der Waals surface area contributed by atoms with Gasteiger partial charge in [0.15, 0.2) is 0 Å². The quantitative estimate of drug-likeness (QED) is 0.276. The van der Waals surface area contributed by atoms with Crippen molar-refractivity contribution in [1.82, 2.24) is 30.2 Å². The minimum Gasteiger partial charge on any atom is -0.392 e. The molecule has 0 bridgehead atoms. The van der Waals surface area contributed by atoms with Gasteiger partial charge < -0.3 is 26.0 Å². The number of nitrogens with zero attached hydrogens (tertiary/aromatic N) is 2. The average Bonchev–Trinajstić information content (AvgIpc) is 3.68. The number of rotatable bonds is 8. The number of hydrogen-bond donors (Lipinski definition) is 5. The molecule has 3 heterocycles. The largest absolute Gasteiger partial charge is 0.392 e. The van der Waals surface area contributed by atoms with E-state index in [-0.39, 0.29) is 30.9 Å². The van der Waals surface area contributed by atoms with Crippen molar-refractivity contribution in [1.29, 1.82) is 0 Å². The monoisotopic (exact) mass is 552 g/mol. The summed E-state index contributed by atoms with van der Waals surface area (Å²) in [5.41, 5.74) is 3.13. The van der Waals surface area contributed by atoms with Gasteiger partial charge >= 0.3 is 0 Å². The summed E-state index contributed by atoms with van der Waals surface area (Å²) in [7, 11) is -3.55. The Kier molecular flexibility index (Phi) is 7.80. The number of aliphatic hydroxyl groups excluding tert-OH is 1. The van der Waals surface area contributed by atoms with E-state index in [0.717, 1.165) is 28.9 Å². The van der Waals surface area contributed by atoms with Crippen molar-refractivity contribution in [3.8, 4) is 22.6 Å². The number of amides is 2. The molecule has 2 fully saturated rings. The van der Waals surface area contributed by atoms with Crippen LogP contribution in [0.4, 0.5) is 0 Å². The fourth-order valence-corrected chi connectivity index (χ4v) is 6.28. The molecule has 0 saturated carbocycles. The van der Waals surface area contributed by atoms with Gasteiger partial charge in [-0.1, -0.05) is 42.5 Å². The zero-order valence-corrected chi connectivity index (χ0v) is 22.3. The summed E-state index contributed by atoms with van der Waals surface area (Å²) < 4.78 is 26.1. The number of aromatic amines is 1. The number of benzene rings is 2. The second-order valence-electron chi connectivity index (χ2n) is 10.1. The molecule has 0 unspecified atom stereocenters. The third-order valence-electron chi connectivity index (χ3n) is 7.14. The van der Waals surface area contributed by atoms with Crippen LogP contribution >= 0.6 is 0 Å². The summed E-state index contributed by atoms with van der Waals surface area (Å²) >= 11 is 0. The molecule has 39 heavy (non-hydrogen) atoms. The number of β-amino-alcohol motifs (C(OH)–C–C–N with tert-alkyl or cyclic N) is 1. The number of carbonyl (C=O) groups excluding carboxylic acids is 2. The summed E-state index contributed by atoms with van der Waals surface area (Å²) in [6.45, 7) is 0.593. The van der Waals surface area contributed by atoms with Gasteiger partial charge in [-0.05, 0) is 30.5 Å². The molecule has 2 aliphatic heterocycles. The Morgan fingerprint density at radius 3 is 2.49 bits per heavy atom. The highest BCUT2D eigenvalue weighted by Crippen LogP contribution is 2.23. The number of aliphatic hydroxyl groups is 1. The molecular formula is C27H32N6O5S. The van der Waals surface area contributed by atoms with Crippen LogP contribution in [0.3, 0.4) is 0 Å². The normalized spacial score (nSPS) is 23.5. The highest BCUT2D eigenvalue weighted by atomic mass is 32.2. The third-order valence-corrected chi connectivity index (χ3v) is 8.44. The first-order valence-corrected chi connectivity index (χ1v) is 14.7. The second kappa shape index (κ2) is 11.3. The number of imidazole rings is 1. The van der Waals surface area contributed by atoms with Gasteiger partial charge in [0.05, 0.1) is 30.3 Å². The van der Waals surface area contributed by atoms with Crippen LogP contribution in [0.25, 0.3) is 22.6 Å². The SMILES string of the molecule is CS(=O)(=O)N1C[C@H](NC(=O)[C@@H]2C[C@H](O)CN2)C[C@@H]1CNC(=O)c1ccc(-c2cnc(-c3ccccc3)[nH]2)cc1. The van der Waals surface area contributed by atoms with E-state index in [0.29, 0.717) is 24.9 Å². The minimum atomic E-state index is -3.55. The van der Waals surface area contributed by atoms with E-state index < -0.39 is 28.2 Å². The molecule has 206 valence electrons. The van der Waals surface area contributed by atoms with Crippen LogP contribution in [0.2, 0.25) is 0 Å². The van der Waals surface area contributed by atoms with Gasteiger partial charge in [-0.3, -0.25) is 9.59 Å². The average molecular weight is 553 g/mol. The van der Waals surface area contributed by atoms with Gasteiger partial charge in [0, 0.05) is 42.8 Å². The molecule has 0 aliphatic carbocycles. The lowest BCUT2D eigenvalue weighted by atomic mass is 10.1. The number of sulfonamides is 1. The Morgan fingerprint density at radius 1 is 1.08 bits per heavy atom. The zero-order valence-electron chi connectivity index (χ0n) is 21.5. The summed E-state index contributed by atoms with van der Waals surface area (Å²) in [6, 6.07) is 15.5. The van der Waals surface area contributed by atoms with E-state index in [4.69, 9.17) is 0 Å². The van der Waals surface area contributed by atoms with Gasteiger partial charge in [-0.2, -0.15) is 4.31 Å². The van der Waals surface area contributed by atoms with Crippen molar-refractivity contribution < 1.29 is 23.1 Å². The zero-order chi connectivity index (χ0) is 27.6. The van der Waals surface area contributed by atoms with Crippen molar-refractivity contribution in [3.05, 3.63) is 66.4 Å². The molecule has 0 spiro atoms. The molecule has 12 heteroatoms. The predicted molar refractivity (Wildman–Crippen MR) is 146 cm³/mol. The van der Waals surface area contributed by atoms with Crippen LogP contribution in [0.1, 0.15) is 23.2 Å². The van der Waals surface area contributed by atoms with Crippen LogP contribution in [0.15, 0.2) is 60.8 Å². The Balaban J connectivity index is 1.18. The van der Waals surface area contributed by atoms with Gasteiger partial charge in [0.25, 0.3) is 5.91 Å². The maximum absolute atomic E-state index is 12.9. The second-order valence-corrected chi connectivity index (χ2v) is 12.0. The lowest BCUT2D eigenvalue weighted by molar-refractivity contribution is -0.123. The predicted octanol–water partition coefficient (Wildman–Crippen LogP) is 0.715. The molecule has 4 atom stereocenters. The first kappa shape index (κ1) is 27.0. The summed E-state index contributed by atoms with van der Waals surface area (Å²) in [5, 5.41) is 18.3. The molecular weight excluding hydrogens is 520 g/mol. The van der Waals surface area contributed by atoms with E-state index in [1.807, 2.05) is 42.5 Å². The number of hydrogen-bond acceptors (Lipinski definition) is 7. The Hall–Kier alpha value is -3.58. The molecule has 2 aliphatic rings. The highest BCUT2D eigenvalue weighted by Gasteiger charge is 2.39. The molecule has 5 N–H and O–H groups in total. The lowest BCUT2D eigenvalue weighted by Crippen LogP contribution is -2.46. The molecule has 3 aromatic rings. The van der Waals surface area contributed by atoms with Gasteiger partial charge in [-0.15, -0.1) is 0 Å². The van der Waals surface area contributed by atoms with Crippen LogP contribution < -0.4 is 16.0 Å². The Bertz CT molecular complexity index is 1430. The van der Waals surface area contributed by atoms with Crippen LogP contribution in [-0.4, -0.2) is 89.7 Å². The van der Waals surface area contributed by atoms with E-state index in [1.54, 1.807) is 18.3 Å². The summed E-state index contributed by atoms with van der Waals surface area (Å²) in [4.78, 5) is 33.1. The molecule has 2 amide bonds. The number of nitrogens with one attached hydrogen (secondary N) is 4. The van der Waals surface area contributed by atoms with Crippen molar-refractivity contribution in [2.24, 2.45) is 0 Å². The van der Waals surface area contributed by atoms with Crippen molar-refractivity contribution in [3.63, 3.8) is 0 Å². The number of aromatic nitrogens is 2. The molecule has 2 aromatic carbocycles. The molecule has 11 nitrogen and oxygen atoms in total. The minimum absolute atomic E-state index is 0.113. The van der Waals surface area contributed by atoms with Crippen molar-refractivity contribution in [2.75, 3.05) is 25.9 Å². The van der Waals surface area contributed by atoms with Crippen LogP contribution in [0, 0.1) is 0 Å². The van der Waals surface area contributed by atoms with Crippen molar-refractivity contribution in [2.45, 2.75) is 37.1 Å². The summed E-state index contributed by atoms with van der Waals surface area (Å²) in [5.74, 6) is 0.176. The van der Waals surface area contributed by atoms with Crippen LogP contribution in [0.5, 0.6) is 0 Å². The fraction of sp³-hybridized carbons (Fsp3) is 0.370. The standard InChI is InChI=1S/C27H32N6O5S/c1-39(37,38)33-16-20(31-27(36)23-12-22(34)14-28-23)11-21(33)13-30-26(35)19-9-7-17(8-10-19)24-15-29-25(32-24)18-5-3-2-4-6-18/h2-10,15,20-23,28,34H,11-14,16H2,1H3,(H,29,32)(H,30,35)(H,31,36)/t20-,21-,22+,23+/m1/s1. The van der Waals surface area contributed by atoms with Crippen molar-refractivity contribution >= 4 is 21.8 Å². The van der Waals surface area contributed by atoms with E-state index in [2.05, 4.69) is 25.9 Å². The molecule has 5 rings (SSSR count). The first-order valence-electron chi connectivity index (χ1n) is 12.8. The Morgan fingerprint density at radius 2 is 1.82 bits per heavy atom. The Labute approximate surface area is 227 Å². The molecule has 2 saturated heterocycles. The van der Waals surface area contributed by atoms with E-state index in [9.17, 15) is 23.1 Å². The van der Waals surface area contributed by atoms with Gasteiger partial charge in [0.1, 0.15) is 5.82 Å². The van der Waals surface area contributed by atoms with E-state index in [1.165, 1.54) is 4.31 Å². The fourth-order valence-electron chi connectivity index (χ4n) is 5.13. The highest BCUT2D eigenvalue weighted by molar-refractivity contribution is 7.88. The maximum atomic E-state index is 12.9. The van der Waals surface area contributed by atoms with E-state index >= 15 is 0 Å². The number of H-pyrrole nitrogens is 1. The maximum Gasteiger partial charge on any atom is 0.251 e. The van der Waals surface area contributed by atoms with Gasteiger partial charge in [0.2, 0.25) is 15.9 Å². The summed E-state index contributed by atoms with van der Waals surface area (Å²) in [6.07, 6.45) is 2.99.